The van der Waals surface area contributed by atoms with Crippen LogP contribution in [0.15, 0.2) is 23.3 Å². The molecule has 0 saturated heterocycles. The zero-order valence-corrected chi connectivity index (χ0v) is 8.62. The number of alkyl halides is 6. The maximum Gasteiger partial charge on any atom is 0.407 e. The Bertz CT molecular complexity index is 371. The van der Waals surface area contributed by atoms with Crippen molar-refractivity contribution >= 4 is 6.29 Å². The SMILES string of the molecule is CC1=C(C=O)C(C(F)(F)F)(C(F)(F)F)CC=C1. The highest BCUT2D eigenvalue weighted by Gasteiger charge is 2.72. The molecule has 0 N–H and O–H groups in total. The van der Waals surface area contributed by atoms with Crippen molar-refractivity contribution < 1.29 is 31.1 Å². The molecular formula is C10H8F6O. The van der Waals surface area contributed by atoms with E-state index in [2.05, 4.69) is 0 Å². The first-order valence-electron chi connectivity index (χ1n) is 4.54. The van der Waals surface area contributed by atoms with Gasteiger partial charge in [-0.3, -0.25) is 4.79 Å². The van der Waals surface area contributed by atoms with Gasteiger partial charge in [0, 0.05) is 5.57 Å². The number of carbonyl (C=O) groups excluding carboxylic acids is 1. The summed E-state index contributed by atoms with van der Waals surface area (Å²) < 4.78 is 76.5. The van der Waals surface area contributed by atoms with Gasteiger partial charge in [0.25, 0.3) is 0 Å². The zero-order valence-electron chi connectivity index (χ0n) is 8.62. The first-order chi connectivity index (χ1) is 7.58. The van der Waals surface area contributed by atoms with E-state index in [1.54, 1.807) is 0 Å². The van der Waals surface area contributed by atoms with Crippen LogP contribution < -0.4 is 0 Å². The monoisotopic (exact) mass is 258 g/mol. The second-order valence-electron chi connectivity index (χ2n) is 3.72. The van der Waals surface area contributed by atoms with Gasteiger partial charge in [0.1, 0.15) is 6.29 Å². The highest BCUT2D eigenvalue weighted by molar-refractivity contribution is 5.79. The van der Waals surface area contributed by atoms with Gasteiger partial charge in [-0.1, -0.05) is 12.2 Å². The average Bonchev–Trinajstić information content (AvgIpc) is 2.13. The van der Waals surface area contributed by atoms with Gasteiger partial charge in [-0.05, 0) is 18.9 Å². The van der Waals surface area contributed by atoms with Crippen LogP contribution in [0.5, 0.6) is 0 Å². The smallest absolute Gasteiger partial charge is 0.298 e. The maximum atomic E-state index is 12.8. The lowest BCUT2D eigenvalue weighted by atomic mass is 9.71. The highest BCUT2D eigenvalue weighted by Crippen LogP contribution is 2.58. The fourth-order valence-corrected chi connectivity index (χ4v) is 1.84. The molecule has 0 saturated carbocycles. The minimum atomic E-state index is -5.56. The molecular weight excluding hydrogens is 250 g/mol. The molecule has 0 amide bonds. The maximum absolute atomic E-state index is 12.8. The molecule has 7 heteroatoms. The second kappa shape index (κ2) is 3.89. The molecule has 0 bridgehead atoms. The van der Waals surface area contributed by atoms with Crippen LogP contribution in [0, 0.1) is 5.41 Å². The summed E-state index contributed by atoms with van der Waals surface area (Å²) in [6, 6.07) is 0. The number of aldehydes is 1. The van der Waals surface area contributed by atoms with Crippen molar-refractivity contribution in [2.45, 2.75) is 25.7 Å². The van der Waals surface area contributed by atoms with Gasteiger partial charge >= 0.3 is 12.4 Å². The molecule has 96 valence electrons. The first-order valence-corrected chi connectivity index (χ1v) is 4.54. The van der Waals surface area contributed by atoms with Gasteiger partial charge in [0.15, 0.2) is 5.41 Å². The van der Waals surface area contributed by atoms with E-state index < -0.39 is 29.8 Å². The quantitative estimate of drug-likeness (QED) is 0.519. The van der Waals surface area contributed by atoms with Gasteiger partial charge in [0.2, 0.25) is 0 Å². The van der Waals surface area contributed by atoms with Crippen LogP contribution in [-0.4, -0.2) is 18.6 Å². The summed E-state index contributed by atoms with van der Waals surface area (Å²) in [6.07, 6.45) is -10.9. The molecule has 1 rings (SSSR count). The minimum Gasteiger partial charge on any atom is -0.298 e. The lowest BCUT2D eigenvalue weighted by molar-refractivity contribution is -0.324. The van der Waals surface area contributed by atoms with E-state index in [4.69, 9.17) is 0 Å². The third-order valence-corrected chi connectivity index (χ3v) is 2.76. The molecule has 0 heterocycles. The molecule has 0 aromatic rings. The Kier molecular flexibility index (Phi) is 3.15. The summed E-state index contributed by atoms with van der Waals surface area (Å²) in [4.78, 5) is 10.6. The van der Waals surface area contributed by atoms with Crippen LogP contribution >= 0.6 is 0 Å². The molecule has 0 unspecified atom stereocenters. The summed E-state index contributed by atoms with van der Waals surface area (Å²) in [7, 11) is 0. The van der Waals surface area contributed by atoms with Crippen molar-refractivity contribution in [2.24, 2.45) is 5.41 Å². The summed E-state index contributed by atoms with van der Waals surface area (Å²) in [5, 5.41) is 0. The van der Waals surface area contributed by atoms with Crippen LogP contribution in [0.4, 0.5) is 26.3 Å². The van der Waals surface area contributed by atoms with Gasteiger partial charge in [-0.2, -0.15) is 26.3 Å². The van der Waals surface area contributed by atoms with Gasteiger partial charge in [-0.25, -0.2) is 0 Å². The molecule has 1 nitrogen and oxygen atoms in total. The number of allylic oxidation sites excluding steroid dienone is 4. The Morgan fingerprint density at radius 3 is 1.94 bits per heavy atom. The van der Waals surface area contributed by atoms with Crippen molar-refractivity contribution in [3.8, 4) is 0 Å². The summed E-state index contributed by atoms with van der Waals surface area (Å²) in [5.41, 5.74) is -5.67. The normalized spacial score (nSPS) is 20.6. The van der Waals surface area contributed by atoms with Crippen LogP contribution in [0.25, 0.3) is 0 Å². The molecule has 0 aliphatic heterocycles. The lowest BCUT2D eigenvalue weighted by Gasteiger charge is -2.39. The standard InChI is InChI=1S/C10H8F6O/c1-6-3-2-4-8(7(6)5-17,9(11,12)13)10(14,15)16/h2-3,5H,4H2,1H3. The molecule has 0 fully saturated rings. The molecule has 0 spiro atoms. The summed E-state index contributed by atoms with van der Waals surface area (Å²) in [5.74, 6) is 0. The van der Waals surface area contributed by atoms with E-state index in [9.17, 15) is 31.1 Å². The van der Waals surface area contributed by atoms with Crippen molar-refractivity contribution in [1.82, 2.24) is 0 Å². The van der Waals surface area contributed by atoms with Crippen LogP contribution in [0.3, 0.4) is 0 Å². The molecule has 0 aromatic heterocycles. The average molecular weight is 258 g/mol. The number of halogens is 6. The molecule has 1 aliphatic carbocycles. The van der Waals surface area contributed by atoms with E-state index in [0.29, 0.717) is 0 Å². The Morgan fingerprint density at radius 1 is 1.18 bits per heavy atom. The van der Waals surface area contributed by atoms with E-state index in [-0.39, 0.29) is 11.9 Å². The Hall–Kier alpha value is -1.27. The van der Waals surface area contributed by atoms with Gasteiger partial charge < -0.3 is 0 Å². The topological polar surface area (TPSA) is 17.1 Å². The fraction of sp³-hybridized carbons (Fsp3) is 0.500. The lowest BCUT2D eigenvalue weighted by Crippen LogP contribution is -2.52. The molecule has 0 atom stereocenters. The number of rotatable bonds is 1. The van der Waals surface area contributed by atoms with Crippen molar-refractivity contribution in [3.05, 3.63) is 23.3 Å². The minimum absolute atomic E-state index is 0.319. The third kappa shape index (κ3) is 1.87. The highest BCUT2D eigenvalue weighted by atomic mass is 19.4. The third-order valence-electron chi connectivity index (χ3n) is 2.76. The van der Waals surface area contributed by atoms with E-state index in [0.717, 1.165) is 19.1 Å². The van der Waals surface area contributed by atoms with Crippen molar-refractivity contribution in [1.29, 1.82) is 0 Å². The molecule has 1 aliphatic rings. The zero-order chi connectivity index (χ0) is 13.5. The summed E-state index contributed by atoms with van der Waals surface area (Å²) in [6.45, 7) is 1.05. The Labute approximate surface area is 92.8 Å². The van der Waals surface area contributed by atoms with E-state index in [1.165, 1.54) is 0 Å². The first kappa shape index (κ1) is 13.8. The number of hydrogen-bond donors (Lipinski definition) is 0. The van der Waals surface area contributed by atoms with E-state index in [1.807, 2.05) is 0 Å². The largest absolute Gasteiger partial charge is 0.407 e. The Balaban J connectivity index is 3.57. The van der Waals surface area contributed by atoms with Gasteiger partial charge in [-0.15, -0.1) is 0 Å². The second-order valence-corrected chi connectivity index (χ2v) is 3.72. The van der Waals surface area contributed by atoms with Crippen LogP contribution in [0.2, 0.25) is 0 Å². The predicted octanol–water partition coefficient (Wildman–Crippen LogP) is 3.57. The molecule has 0 radical (unpaired) electrons. The number of hydrogen-bond acceptors (Lipinski definition) is 1. The predicted molar refractivity (Wildman–Crippen MR) is 47.1 cm³/mol. The van der Waals surface area contributed by atoms with Crippen molar-refractivity contribution in [2.75, 3.05) is 0 Å². The molecule has 0 aromatic carbocycles. The van der Waals surface area contributed by atoms with Crippen LogP contribution in [0.1, 0.15) is 13.3 Å². The van der Waals surface area contributed by atoms with E-state index >= 15 is 0 Å². The van der Waals surface area contributed by atoms with Crippen LogP contribution in [-0.2, 0) is 4.79 Å². The van der Waals surface area contributed by atoms with Gasteiger partial charge in [0.05, 0.1) is 0 Å². The summed E-state index contributed by atoms with van der Waals surface area (Å²) >= 11 is 0. The fourth-order valence-electron chi connectivity index (χ4n) is 1.84. The number of carbonyl (C=O) groups is 1. The molecule has 17 heavy (non-hydrogen) atoms. The van der Waals surface area contributed by atoms with Crippen molar-refractivity contribution in [3.63, 3.8) is 0 Å². The Morgan fingerprint density at radius 2 is 1.65 bits per heavy atom.